The summed E-state index contributed by atoms with van der Waals surface area (Å²) in [5, 5.41) is 13.5. The number of likely N-dealkylation sites (N-methyl/N-ethyl adjacent to an activating group) is 1. The van der Waals surface area contributed by atoms with E-state index >= 15 is 0 Å². The van der Waals surface area contributed by atoms with Gasteiger partial charge in [-0.2, -0.15) is 0 Å². The number of benzene rings is 1. The van der Waals surface area contributed by atoms with Crippen LogP contribution in [0.3, 0.4) is 0 Å². The van der Waals surface area contributed by atoms with Crippen molar-refractivity contribution in [3.63, 3.8) is 0 Å². The van der Waals surface area contributed by atoms with E-state index in [2.05, 4.69) is 5.32 Å². The zero-order chi connectivity index (χ0) is 14.6. The van der Waals surface area contributed by atoms with E-state index in [1.807, 2.05) is 25.9 Å². The smallest absolute Gasteiger partial charge is 0.141 e. The summed E-state index contributed by atoms with van der Waals surface area (Å²) in [6.45, 7) is 4.75. The third-order valence-corrected chi connectivity index (χ3v) is 3.18. The largest absolute Gasteiger partial charge is 0.388 e. The fraction of sp³-hybridized carbons (Fsp3) is 0.571. The van der Waals surface area contributed by atoms with Gasteiger partial charge in [-0.1, -0.05) is 17.7 Å². The lowest BCUT2D eigenvalue weighted by Crippen LogP contribution is -2.46. The molecular weight excluding hydrogens is 267 g/mol. The molecule has 0 aliphatic rings. The van der Waals surface area contributed by atoms with Crippen molar-refractivity contribution in [2.24, 2.45) is 0 Å². The first kappa shape index (κ1) is 16.4. The van der Waals surface area contributed by atoms with Gasteiger partial charge in [0.15, 0.2) is 0 Å². The maximum Gasteiger partial charge on any atom is 0.141 e. The first-order valence-corrected chi connectivity index (χ1v) is 6.64. The minimum absolute atomic E-state index is 0.00765. The van der Waals surface area contributed by atoms with Crippen molar-refractivity contribution in [2.75, 3.05) is 27.2 Å². The lowest BCUT2D eigenvalue weighted by atomic mass is 10.0. The molecule has 0 amide bonds. The second-order valence-electron chi connectivity index (χ2n) is 5.51. The Morgan fingerprint density at radius 1 is 1.47 bits per heavy atom. The SMILES string of the molecule is CC(NCC(C)(O)CN(C)C)c1ccc(F)c(Cl)c1. The summed E-state index contributed by atoms with van der Waals surface area (Å²) in [6.07, 6.45) is 0. The topological polar surface area (TPSA) is 35.5 Å². The number of nitrogens with zero attached hydrogens (tertiary/aromatic N) is 1. The molecule has 3 nitrogen and oxygen atoms in total. The van der Waals surface area contributed by atoms with Gasteiger partial charge in [0.05, 0.1) is 10.6 Å². The van der Waals surface area contributed by atoms with Crippen molar-refractivity contribution in [1.29, 1.82) is 0 Å². The zero-order valence-corrected chi connectivity index (χ0v) is 12.6. The maximum atomic E-state index is 13.1. The summed E-state index contributed by atoms with van der Waals surface area (Å²) in [4.78, 5) is 1.93. The Bertz CT molecular complexity index is 424. The van der Waals surface area contributed by atoms with Crippen molar-refractivity contribution in [1.82, 2.24) is 10.2 Å². The first-order valence-electron chi connectivity index (χ1n) is 6.27. The molecular formula is C14H22ClFN2O. The molecule has 1 rings (SSSR count). The van der Waals surface area contributed by atoms with Gasteiger partial charge in [0, 0.05) is 19.1 Å². The molecule has 0 heterocycles. The molecule has 19 heavy (non-hydrogen) atoms. The Morgan fingerprint density at radius 3 is 2.63 bits per heavy atom. The molecule has 0 radical (unpaired) electrons. The Kier molecular flexibility index (Phi) is 5.74. The number of halogens is 2. The van der Waals surface area contributed by atoms with Crippen LogP contribution in [0.1, 0.15) is 25.5 Å². The van der Waals surface area contributed by atoms with Crippen LogP contribution >= 0.6 is 11.6 Å². The van der Waals surface area contributed by atoms with Gasteiger partial charge in [0.2, 0.25) is 0 Å². The number of aliphatic hydroxyl groups is 1. The number of rotatable bonds is 6. The molecule has 0 aliphatic heterocycles. The van der Waals surface area contributed by atoms with Crippen LogP contribution in [0.5, 0.6) is 0 Å². The van der Waals surface area contributed by atoms with E-state index in [-0.39, 0.29) is 11.1 Å². The molecule has 0 bridgehead atoms. The molecule has 2 unspecified atom stereocenters. The Labute approximate surface area is 119 Å². The second-order valence-corrected chi connectivity index (χ2v) is 5.92. The van der Waals surface area contributed by atoms with E-state index in [9.17, 15) is 9.50 Å². The predicted molar refractivity (Wildman–Crippen MR) is 77.0 cm³/mol. The monoisotopic (exact) mass is 288 g/mol. The van der Waals surface area contributed by atoms with E-state index < -0.39 is 11.4 Å². The van der Waals surface area contributed by atoms with Crippen LogP contribution in [-0.4, -0.2) is 42.8 Å². The Hall–Kier alpha value is -0.680. The van der Waals surface area contributed by atoms with Gasteiger partial charge in [-0.05, 0) is 45.6 Å². The standard InChI is InChI=1S/C14H22ClFN2O/c1-10(11-5-6-13(16)12(15)7-11)17-8-14(2,19)9-18(3)4/h5-7,10,17,19H,8-9H2,1-4H3. The van der Waals surface area contributed by atoms with Gasteiger partial charge in [-0.25, -0.2) is 4.39 Å². The van der Waals surface area contributed by atoms with Gasteiger partial charge in [-0.15, -0.1) is 0 Å². The summed E-state index contributed by atoms with van der Waals surface area (Å²) in [5.74, 6) is -0.419. The minimum Gasteiger partial charge on any atom is -0.388 e. The Balaban J connectivity index is 2.59. The quantitative estimate of drug-likeness (QED) is 0.844. The fourth-order valence-corrected chi connectivity index (χ4v) is 2.20. The maximum absolute atomic E-state index is 13.1. The highest BCUT2D eigenvalue weighted by Gasteiger charge is 2.22. The number of hydrogen-bond donors (Lipinski definition) is 2. The molecule has 1 aromatic rings. The molecule has 0 aromatic heterocycles. The normalized spacial score (nSPS) is 16.4. The van der Waals surface area contributed by atoms with E-state index in [1.54, 1.807) is 19.1 Å². The van der Waals surface area contributed by atoms with Gasteiger partial charge in [0.25, 0.3) is 0 Å². The number of nitrogens with one attached hydrogen (secondary N) is 1. The molecule has 0 fully saturated rings. The van der Waals surface area contributed by atoms with Gasteiger partial charge < -0.3 is 15.3 Å². The van der Waals surface area contributed by atoms with Crippen molar-refractivity contribution in [3.05, 3.63) is 34.6 Å². The highest BCUT2D eigenvalue weighted by Crippen LogP contribution is 2.21. The summed E-state index contributed by atoms with van der Waals surface area (Å²) < 4.78 is 13.1. The van der Waals surface area contributed by atoms with E-state index in [1.165, 1.54) is 6.07 Å². The van der Waals surface area contributed by atoms with Crippen LogP contribution in [0.4, 0.5) is 4.39 Å². The van der Waals surface area contributed by atoms with Gasteiger partial charge >= 0.3 is 0 Å². The summed E-state index contributed by atoms with van der Waals surface area (Å²) in [5.41, 5.74) is 0.0775. The first-order chi connectivity index (χ1) is 8.71. The van der Waals surface area contributed by atoms with Crippen molar-refractivity contribution < 1.29 is 9.50 Å². The van der Waals surface area contributed by atoms with Crippen LogP contribution < -0.4 is 5.32 Å². The van der Waals surface area contributed by atoms with Crippen molar-refractivity contribution in [3.8, 4) is 0 Å². The lowest BCUT2D eigenvalue weighted by molar-refractivity contribution is 0.0317. The van der Waals surface area contributed by atoms with E-state index in [4.69, 9.17) is 11.6 Å². The molecule has 0 aliphatic carbocycles. The number of hydrogen-bond acceptors (Lipinski definition) is 3. The highest BCUT2D eigenvalue weighted by atomic mass is 35.5. The van der Waals surface area contributed by atoms with Gasteiger partial charge in [0.1, 0.15) is 5.82 Å². The van der Waals surface area contributed by atoms with Crippen LogP contribution in [0, 0.1) is 5.82 Å². The van der Waals surface area contributed by atoms with Crippen LogP contribution in [0.15, 0.2) is 18.2 Å². The minimum atomic E-state index is -0.818. The molecule has 108 valence electrons. The molecule has 2 atom stereocenters. The summed E-state index contributed by atoms with van der Waals surface area (Å²) in [7, 11) is 3.83. The lowest BCUT2D eigenvalue weighted by Gasteiger charge is -2.29. The zero-order valence-electron chi connectivity index (χ0n) is 11.9. The van der Waals surface area contributed by atoms with E-state index in [0.717, 1.165) is 5.56 Å². The highest BCUT2D eigenvalue weighted by molar-refractivity contribution is 6.30. The van der Waals surface area contributed by atoms with Crippen LogP contribution in [0.25, 0.3) is 0 Å². The molecule has 5 heteroatoms. The summed E-state index contributed by atoms with van der Waals surface area (Å²) in [6, 6.07) is 4.65. The van der Waals surface area contributed by atoms with E-state index in [0.29, 0.717) is 13.1 Å². The predicted octanol–water partition coefficient (Wildman–Crippen LogP) is 2.44. The average Bonchev–Trinajstić information content (AvgIpc) is 2.28. The molecule has 0 saturated heterocycles. The average molecular weight is 289 g/mol. The summed E-state index contributed by atoms with van der Waals surface area (Å²) >= 11 is 5.76. The Morgan fingerprint density at radius 2 is 2.11 bits per heavy atom. The van der Waals surface area contributed by atoms with Crippen molar-refractivity contribution in [2.45, 2.75) is 25.5 Å². The third-order valence-electron chi connectivity index (χ3n) is 2.89. The van der Waals surface area contributed by atoms with Crippen LogP contribution in [0.2, 0.25) is 5.02 Å². The van der Waals surface area contributed by atoms with Crippen molar-refractivity contribution >= 4 is 11.6 Å². The second kappa shape index (κ2) is 6.66. The third kappa shape index (κ3) is 5.45. The molecule has 0 spiro atoms. The molecule has 0 saturated carbocycles. The molecule has 2 N–H and O–H groups in total. The fourth-order valence-electron chi connectivity index (χ4n) is 2.01. The van der Waals surface area contributed by atoms with Gasteiger partial charge in [-0.3, -0.25) is 0 Å². The van der Waals surface area contributed by atoms with Crippen LogP contribution in [-0.2, 0) is 0 Å². The molecule has 1 aromatic carbocycles.